The molecule has 0 spiro atoms. The molecule has 2 N–H and O–H groups in total. The molecule has 2 amide bonds. The van der Waals surface area contributed by atoms with Gasteiger partial charge in [0.05, 0.1) is 17.4 Å². The van der Waals surface area contributed by atoms with Gasteiger partial charge in [0.2, 0.25) is 5.91 Å². The second-order valence-electron chi connectivity index (χ2n) is 7.06. The van der Waals surface area contributed by atoms with Gasteiger partial charge in [-0.2, -0.15) is 0 Å². The van der Waals surface area contributed by atoms with Crippen LogP contribution in [0.3, 0.4) is 0 Å². The minimum Gasteiger partial charge on any atom is -0.342 e. The summed E-state index contributed by atoms with van der Waals surface area (Å²) in [5.74, 6) is -0.689. The Balaban J connectivity index is 1.63. The van der Waals surface area contributed by atoms with Crippen molar-refractivity contribution in [2.75, 3.05) is 11.1 Å². The van der Waals surface area contributed by atoms with E-state index in [2.05, 4.69) is 20.8 Å². The Morgan fingerprint density at radius 2 is 1.97 bits per heavy atom. The van der Waals surface area contributed by atoms with Gasteiger partial charge in [0.1, 0.15) is 5.82 Å². The minimum absolute atomic E-state index is 0.0376. The standard InChI is InChI=1S/C22H23ClFN5O2S/c1-4-29-20(14(3)25-21(31)16-7-5-6-8-18(16)24)27-28-22(29)32-12-19(30)26-15-10-9-13(2)17(23)11-15/h5-11,14H,4,12H2,1-3H3,(H,25,31)(H,26,30)/t14-/m1/s1. The molecule has 0 aliphatic rings. The number of benzene rings is 2. The highest BCUT2D eigenvalue weighted by molar-refractivity contribution is 7.99. The number of hydrogen-bond acceptors (Lipinski definition) is 5. The van der Waals surface area contributed by atoms with E-state index in [1.54, 1.807) is 25.1 Å². The third-order valence-corrected chi connectivity index (χ3v) is 6.08. The van der Waals surface area contributed by atoms with Crippen LogP contribution in [0.25, 0.3) is 0 Å². The number of carbonyl (C=O) groups excluding carboxylic acids is 2. The fraction of sp³-hybridized carbons (Fsp3) is 0.273. The van der Waals surface area contributed by atoms with Crippen LogP contribution in [0.5, 0.6) is 0 Å². The van der Waals surface area contributed by atoms with Crippen molar-refractivity contribution in [3.63, 3.8) is 0 Å². The number of aryl methyl sites for hydroxylation is 1. The molecule has 32 heavy (non-hydrogen) atoms. The Hall–Kier alpha value is -2.91. The van der Waals surface area contributed by atoms with Gasteiger partial charge in [-0.05, 0) is 50.6 Å². The second kappa shape index (κ2) is 10.6. The van der Waals surface area contributed by atoms with Gasteiger partial charge >= 0.3 is 0 Å². The van der Waals surface area contributed by atoms with Gasteiger partial charge in [-0.1, -0.05) is 41.6 Å². The van der Waals surface area contributed by atoms with Gasteiger partial charge < -0.3 is 15.2 Å². The van der Waals surface area contributed by atoms with Crippen LogP contribution in [0.2, 0.25) is 5.02 Å². The topological polar surface area (TPSA) is 88.9 Å². The monoisotopic (exact) mass is 475 g/mol. The van der Waals surface area contributed by atoms with E-state index in [9.17, 15) is 14.0 Å². The van der Waals surface area contributed by atoms with Crippen LogP contribution in [0.1, 0.15) is 41.6 Å². The third-order valence-electron chi connectivity index (χ3n) is 4.70. The van der Waals surface area contributed by atoms with Crippen LogP contribution >= 0.6 is 23.4 Å². The first-order valence-electron chi connectivity index (χ1n) is 9.97. The zero-order valence-electron chi connectivity index (χ0n) is 17.9. The van der Waals surface area contributed by atoms with Crippen LogP contribution in [0, 0.1) is 12.7 Å². The van der Waals surface area contributed by atoms with E-state index in [4.69, 9.17) is 11.6 Å². The fourth-order valence-corrected chi connectivity index (χ4v) is 4.00. The lowest BCUT2D eigenvalue weighted by Crippen LogP contribution is -2.29. The molecule has 10 heteroatoms. The fourth-order valence-electron chi connectivity index (χ4n) is 3.01. The van der Waals surface area contributed by atoms with Gasteiger partial charge in [-0.15, -0.1) is 10.2 Å². The first-order chi connectivity index (χ1) is 15.3. The van der Waals surface area contributed by atoms with Crippen LogP contribution in [0.15, 0.2) is 47.6 Å². The smallest absolute Gasteiger partial charge is 0.254 e. The number of nitrogens with one attached hydrogen (secondary N) is 2. The molecule has 0 aliphatic heterocycles. The molecule has 0 saturated carbocycles. The van der Waals surface area contributed by atoms with Crippen LogP contribution in [-0.4, -0.2) is 32.3 Å². The number of carbonyl (C=O) groups is 2. The van der Waals surface area contributed by atoms with Crippen molar-refractivity contribution >= 4 is 40.9 Å². The molecule has 0 aliphatic carbocycles. The molecule has 1 heterocycles. The lowest BCUT2D eigenvalue weighted by Gasteiger charge is -2.15. The average molecular weight is 476 g/mol. The molecule has 2 aromatic carbocycles. The molecule has 1 atom stereocenters. The van der Waals surface area contributed by atoms with Gasteiger partial charge in [0.25, 0.3) is 5.91 Å². The SMILES string of the molecule is CCn1c(SCC(=O)Nc2ccc(C)c(Cl)c2)nnc1[C@@H](C)NC(=O)c1ccccc1F. The number of amides is 2. The molecule has 0 bridgehead atoms. The summed E-state index contributed by atoms with van der Waals surface area (Å²) in [6.07, 6.45) is 0. The van der Waals surface area contributed by atoms with E-state index in [1.807, 2.05) is 24.5 Å². The maximum atomic E-state index is 13.9. The van der Waals surface area contributed by atoms with E-state index in [1.165, 1.54) is 30.0 Å². The van der Waals surface area contributed by atoms with Crippen LogP contribution in [-0.2, 0) is 11.3 Å². The molecule has 0 radical (unpaired) electrons. The number of anilines is 1. The highest BCUT2D eigenvalue weighted by atomic mass is 35.5. The molecule has 3 rings (SSSR count). The number of hydrogen-bond donors (Lipinski definition) is 2. The second-order valence-corrected chi connectivity index (χ2v) is 8.41. The summed E-state index contributed by atoms with van der Waals surface area (Å²) in [6, 6.07) is 10.6. The van der Waals surface area contributed by atoms with Crippen LogP contribution in [0.4, 0.5) is 10.1 Å². The Morgan fingerprint density at radius 3 is 2.66 bits per heavy atom. The molecule has 0 fully saturated rings. The van der Waals surface area contributed by atoms with Gasteiger partial charge in [-0.3, -0.25) is 9.59 Å². The average Bonchev–Trinajstić information content (AvgIpc) is 3.18. The Kier molecular flexibility index (Phi) is 7.87. The van der Waals surface area contributed by atoms with Crippen molar-refractivity contribution in [1.82, 2.24) is 20.1 Å². The zero-order valence-corrected chi connectivity index (χ0v) is 19.4. The number of thioether (sulfide) groups is 1. The number of rotatable bonds is 8. The summed E-state index contributed by atoms with van der Waals surface area (Å²) in [5.41, 5.74) is 1.51. The summed E-state index contributed by atoms with van der Waals surface area (Å²) >= 11 is 7.33. The predicted octanol–water partition coefficient (Wildman–Crippen LogP) is 4.62. The summed E-state index contributed by atoms with van der Waals surface area (Å²) in [7, 11) is 0. The summed E-state index contributed by atoms with van der Waals surface area (Å²) in [4.78, 5) is 24.7. The first-order valence-corrected chi connectivity index (χ1v) is 11.3. The van der Waals surface area contributed by atoms with Gasteiger partial charge in [0, 0.05) is 17.3 Å². The highest BCUT2D eigenvalue weighted by Gasteiger charge is 2.21. The number of aromatic nitrogens is 3. The Morgan fingerprint density at radius 1 is 1.22 bits per heavy atom. The van der Waals surface area contributed by atoms with Gasteiger partial charge in [0.15, 0.2) is 11.0 Å². The largest absolute Gasteiger partial charge is 0.342 e. The quantitative estimate of drug-likeness (QED) is 0.464. The van der Waals surface area contributed by atoms with E-state index in [-0.39, 0.29) is 17.2 Å². The predicted molar refractivity (Wildman–Crippen MR) is 124 cm³/mol. The van der Waals surface area contributed by atoms with E-state index in [0.717, 1.165) is 5.56 Å². The molecular formula is C22H23ClFN5O2S. The summed E-state index contributed by atoms with van der Waals surface area (Å²) in [5, 5.41) is 15.0. The lowest BCUT2D eigenvalue weighted by atomic mass is 10.2. The molecule has 1 aromatic heterocycles. The summed E-state index contributed by atoms with van der Waals surface area (Å²) in [6.45, 7) is 6.09. The van der Waals surface area contributed by atoms with Crippen LogP contribution < -0.4 is 10.6 Å². The molecule has 7 nitrogen and oxygen atoms in total. The van der Waals surface area contributed by atoms with E-state index < -0.39 is 17.8 Å². The lowest BCUT2D eigenvalue weighted by molar-refractivity contribution is -0.113. The number of halogens is 2. The molecule has 0 saturated heterocycles. The van der Waals surface area contributed by atoms with Crippen molar-refractivity contribution < 1.29 is 14.0 Å². The maximum Gasteiger partial charge on any atom is 0.254 e. The Bertz CT molecular complexity index is 1140. The van der Waals surface area contributed by atoms with Crippen molar-refractivity contribution in [3.8, 4) is 0 Å². The highest BCUT2D eigenvalue weighted by Crippen LogP contribution is 2.23. The van der Waals surface area contributed by atoms with Crippen molar-refractivity contribution in [3.05, 3.63) is 70.3 Å². The molecular weight excluding hydrogens is 453 g/mol. The van der Waals surface area contributed by atoms with E-state index in [0.29, 0.717) is 28.2 Å². The van der Waals surface area contributed by atoms with Crippen molar-refractivity contribution in [2.24, 2.45) is 0 Å². The first kappa shape index (κ1) is 23.7. The molecule has 3 aromatic rings. The minimum atomic E-state index is -0.591. The van der Waals surface area contributed by atoms with E-state index >= 15 is 0 Å². The molecule has 0 unspecified atom stereocenters. The zero-order chi connectivity index (χ0) is 23.3. The Labute approximate surface area is 194 Å². The van der Waals surface area contributed by atoms with Crippen molar-refractivity contribution in [1.29, 1.82) is 0 Å². The summed E-state index contributed by atoms with van der Waals surface area (Å²) < 4.78 is 15.7. The van der Waals surface area contributed by atoms with Gasteiger partial charge in [-0.25, -0.2) is 4.39 Å². The maximum absolute atomic E-state index is 13.9. The normalized spacial score (nSPS) is 11.8. The third kappa shape index (κ3) is 5.66. The number of nitrogens with zero attached hydrogens (tertiary/aromatic N) is 3. The van der Waals surface area contributed by atoms with Crippen molar-refractivity contribution in [2.45, 2.75) is 38.5 Å². The molecule has 168 valence electrons.